The second-order valence-electron chi connectivity index (χ2n) is 2.43. The van der Waals surface area contributed by atoms with Crippen LogP contribution < -0.4 is 5.32 Å². The van der Waals surface area contributed by atoms with Gasteiger partial charge in [-0.3, -0.25) is 0 Å². The molecular formula is C7H6ClNO2S. The third kappa shape index (κ3) is 1.28. The zero-order chi connectivity index (χ0) is 8.55. The summed E-state index contributed by atoms with van der Waals surface area (Å²) in [5.41, 5.74) is 0. The van der Waals surface area contributed by atoms with Gasteiger partial charge in [-0.05, 0) is 11.4 Å². The lowest BCUT2D eigenvalue weighted by molar-refractivity contribution is 0.177. The minimum atomic E-state index is -0.371. The number of hydrogen-bond acceptors (Lipinski definition) is 3. The summed E-state index contributed by atoms with van der Waals surface area (Å²) in [5, 5.41) is 5.24. The fourth-order valence-corrected chi connectivity index (χ4v) is 2.31. The van der Waals surface area contributed by atoms with E-state index >= 15 is 0 Å². The SMILES string of the molecule is O=C1NC(c2sccc2Cl)CO1. The molecule has 0 aliphatic carbocycles. The van der Waals surface area contributed by atoms with E-state index in [1.807, 2.05) is 11.4 Å². The number of carbonyl (C=O) groups is 1. The quantitative estimate of drug-likeness (QED) is 0.760. The summed E-state index contributed by atoms with van der Waals surface area (Å²) < 4.78 is 4.74. The van der Waals surface area contributed by atoms with Crippen molar-refractivity contribution >= 4 is 29.0 Å². The average molecular weight is 204 g/mol. The van der Waals surface area contributed by atoms with E-state index in [2.05, 4.69) is 5.32 Å². The topological polar surface area (TPSA) is 38.3 Å². The molecular weight excluding hydrogens is 198 g/mol. The Morgan fingerprint density at radius 3 is 3.08 bits per heavy atom. The van der Waals surface area contributed by atoms with Crippen LogP contribution in [0.15, 0.2) is 11.4 Å². The Kier molecular flexibility index (Phi) is 1.94. The Hall–Kier alpha value is -0.740. The van der Waals surface area contributed by atoms with E-state index in [-0.39, 0.29) is 12.1 Å². The molecule has 2 rings (SSSR count). The molecule has 0 saturated carbocycles. The van der Waals surface area contributed by atoms with Crippen molar-refractivity contribution in [3.63, 3.8) is 0 Å². The van der Waals surface area contributed by atoms with Crippen molar-refractivity contribution < 1.29 is 9.53 Å². The molecule has 5 heteroatoms. The van der Waals surface area contributed by atoms with E-state index in [1.54, 1.807) is 0 Å². The first-order valence-corrected chi connectivity index (χ1v) is 4.69. The van der Waals surface area contributed by atoms with Gasteiger partial charge in [0.25, 0.3) is 0 Å². The number of carbonyl (C=O) groups excluding carboxylic acids is 1. The first-order chi connectivity index (χ1) is 5.77. The van der Waals surface area contributed by atoms with Gasteiger partial charge in [-0.2, -0.15) is 0 Å². The van der Waals surface area contributed by atoms with Crippen LogP contribution in [-0.2, 0) is 4.74 Å². The molecule has 1 aromatic heterocycles. The molecule has 12 heavy (non-hydrogen) atoms. The number of halogens is 1. The molecule has 1 atom stereocenters. The third-order valence-corrected chi connectivity index (χ3v) is 3.11. The molecule has 0 radical (unpaired) electrons. The predicted molar refractivity (Wildman–Crippen MR) is 46.6 cm³/mol. The van der Waals surface area contributed by atoms with Crippen LogP contribution in [-0.4, -0.2) is 12.7 Å². The van der Waals surface area contributed by atoms with Crippen molar-refractivity contribution in [3.8, 4) is 0 Å². The molecule has 1 aromatic rings. The fraction of sp³-hybridized carbons (Fsp3) is 0.286. The third-order valence-electron chi connectivity index (χ3n) is 1.63. The summed E-state index contributed by atoms with van der Waals surface area (Å²) in [7, 11) is 0. The van der Waals surface area contributed by atoms with Crippen molar-refractivity contribution in [2.24, 2.45) is 0 Å². The Balaban J connectivity index is 2.21. The Morgan fingerprint density at radius 2 is 2.58 bits per heavy atom. The largest absolute Gasteiger partial charge is 0.447 e. The average Bonchev–Trinajstić information content (AvgIpc) is 2.58. The summed E-state index contributed by atoms with van der Waals surface area (Å²) in [6.07, 6.45) is -0.371. The molecule has 1 N–H and O–H groups in total. The molecule has 2 heterocycles. The maximum Gasteiger partial charge on any atom is 0.407 e. The lowest BCUT2D eigenvalue weighted by atomic mass is 10.3. The van der Waals surface area contributed by atoms with Crippen LogP contribution in [0.2, 0.25) is 5.02 Å². The molecule has 1 aliphatic rings. The van der Waals surface area contributed by atoms with Crippen molar-refractivity contribution in [2.75, 3.05) is 6.61 Å². The standard InChI is InChI=1S/C7H6ClNO2S/c8-4-1-2-12-6(4)5-3-11-7(10)9-5/h1-2,5H,3H2,(H,9,10). The number of hydrogen-bond donors (Lipinski definition) is 1. The van der Waals surface area contributed by atoms with Crippen molar-refractivity contribution in [1.29, 1.82) is 0 Å². The molecule has 3 nitrogen and oxygen atoms in total. The van der Waals surface area contributed by atoms with E-state index < -0.39 is 0 Å². The van der Waals surface area contributed by atoms with Crippen molar-refractivity contribution in [3.05, 3.63) is 21.3 Å². The molecule has 1 fully saturated rings. The Bertz CT molecular complexity index is 312. The summed E-state index contributed by atoms with van der Waals surface area (Å²) in [5.74, 6) is 0. The molecule has 1 unspecified atom stereocenters. The highest BCUT2D eigenvalue weighted by Crippen LogP contribution is 2.30. The number of nitrogens with one attached hydrogen (secondary N) is 1. The van der Waals surface area contributed by atoms with E-state index in [0.29, 0.717) is 11.6 Å². The number of ether oxygens (including phenoxy) is 1. The van der Waals surface area contributed by atoms with Crippen LogP contribution in [0.3, 0.4) is 0 Å². The minimum absolute atomic E-state index is 0.0648. The highest BCUT2D eigenvalue weighted by atomic mass is 35.5. The van der Waals surface area contributed by atoms with Gasteiger partial charge < -0.3 is 10.1 Å². The minimum Gasteiger partial charge on any atom is -0.447 e. The molecule has 1 aliphatic heterocycles. The van der Waals surface area contributed by atoms with E-state index in [1.165, 1.54) is 11.3 Å². The second-order valence-corrected chi connectivity index (χ2v) is 3.78. The van der Waals surface area contributed by atoms with Crippen molar-refractivity contribution in [1.82, 2.24) is 5.32 Å². The van der Waals surface area contributed by atoms with Gasteiger partial charge in [0.2, 0.25) is 0 Å². The highest BCUT2D eigenvalue weighted by molar-refractivity contribution is 7.10. The van der Waals surface area contributed by atoms with Crippen LogP contribution >= 0.6 is 22.9 Å². The molecule has 1 amide bonds. The summed E-state index contributed by atoms with van der Waals surface area (Å²) in [6, 6.07) is 1.75. The monoisotopic (exact) mass is 203 g/mol. The normalized spacial score (nSPS) is 22.1. The number of thiophene rings is 1. The maximum absolute atomic E-state index is 10.7. The van der Waals surface area contributed by atoms with Crippen molar-refractivity contribution in [2.45, 2.75) is 6.04 Å². The molecule has 0 aromatic carbocycles. The smallest absolute Gasteiger partial charge is 0.407 e. The van der Waals surface area contributed by atoms with E-state index in [9.17, 15) is 4.79 Å². The van der Waals surface area contributed by atoms with Gasteiger partial charge >= 0.3 is 6.09 Å². The first kappa shape index (κ1) is 7.89. The molecule has 1 saturated heterocycles. The lowest BCUT2D eigenvalue weighted by Crippen LogP contribution is -2.17. The van der Waals surface area contributed by atoms with E-state index in [0.717, 1.165) is 4.88 Å². The zero-order valence-corrected chi connectivity index (χ0v) is 7.61. The fourth-order valence-electron chi connectivity index (χ4n) is 1.08. The summed E-state index contributed by atoms with van der Waals surface area (Å²) in [4.78, 5) is 11.6. The van der Waals surface area contributed by atoms with Gasteiger partial charge in [-0.15, -0.1) is 11.3 Å². The Labute approximate surface area is 78.3 Å². The van der Waals surface area contributed by atoms with Crippen LogP contribution in [0.4, 0.5) is 4.79 Å². The van der Waals surface area contributed by atoms with Crippen LogP contribution in [0, 0.1) is 0 Å². The predicted octanol–water partition coefficient (Wildman–Crippen LogP) is 2.18. The number of alkyl carbamates (subject to hydrolysis) is 1. The molecule has 0 spiro atoms. The van der Waals surface area contributed by atoms with Gasteiger partial charge in [-0.25, -0.2) is 4.79 Å². The first-order valence-electron chi connectivity index (χ1n) is 3.43. The lowest BCUT2D eigenvalue weighted by Gasteiger charge is -2.03. The van der Waals surface area contributed by atoms with Gasteiger partial charge in [0, 0.05) is 4.88 Å². The summed E-state index contributed by atoms with van der Waals surface area (Å²) in [6.45, 7) is 0.374. The van der Waals surface area contributed by atoms with Gasteiger partial charge in [0.05, 0.1) is 5.02 Å². The van der Waals surface area contributed by atoms with Crippen LogP contribution in [0.5, 0.6) is 0 Å². The zero-order valence-electron chi connectivity index (χ0n) is 6.04. The van der Waals surface area contributed by atoms with Crippen LogP contribution in [0.25, 0.3) is 0 Å². The van der Waals surface area contributed by atoms with Gasteiger partial charge in [-0.1, -0.05) is 11.6 Å². The van der Waals surface area contributed by atoms with Gasteiger partial charge in [0.15, 0.2) is 0 Å². The molecule has 0 bridgehead atoms. The number of rotatable bonds is 1. The maximum atomic E-state index is 10.7. The van der Waals surface area contributed by atoms with Gasteiger partial charge in [0.1, 0.15) is 12.6 Å². The van der Waals surface area contributed by atoms with Crippen LogP contribution in [0.1, 0.15) is 10.9 Å². The Morgan fingerprint density at radius 1 is 1.75 bits per heavy atom. The number of cyclic esters (lactones) is 1. The summed E-state index contributed by atoms with van der Waals surface area (Å²) >= 11 is 7.39. The second kappa shape index (κ2) is 2.95. The number of amides is 1. The highest BCUT2D eigenvalue weighted by Gasteiger charge is 2.26. The molecule has 64 valence electrons. The van der Waals surface area contributed by atoms with E-state index in [4.69, 9.17) is 16.3 Å².